The maximum Gasteiger partial charge on any atom is 0.254 e. The molecule has 0 radical (unpaired) electrons. The van der Waals surface area contributed by atoms with Crippen LogP contribution in [0.15, 0.2) is 6.20 Å². The third kappa shape index (κ3) is 4.04. The lowest BCUT2D eigenvalue weighted by molar-refractivity contribution is 0.0926. The van der Waals surface area contributed by atoms with Crippen LogP contribution in [0.5, 0.6) is 0 Å². The number of aromatic nitrogens is 2. The molecule has 0 atom stereocenters. The van der Waals surface area contributed by atoms with Crippen molar-refractivity contribution in [2.75, 3.05) is 37.6 Å². The predicted octanol–water partition coefficient (Wildman–Crippen LogP) is 1.99. The molecule has 0 aromatic carbocycles. The van der Waals surface area contributed by atoms with Gasteiger partial charge in [0.25, 0.3) is 5.91 Å². The van der Waals surface area contributed by atoms with Crippen molar-refractivity contribution >= 4 is 11.9 Å². The van der Waals surface area contributed by atoms with Gasteiger partial charge in [0, 0.05) is 38.4 Å². The molecule has 0 unspecified atom stereocenters. The summed E-state index contributed by atoms with van der Waals surface area (Å²) in [6.07, 6.45) is 7.58. The van der Waals surface area contributed by atoms with Crippen LogP contribution in [0.4, 0.5) is 5.95 Å². The molecule has 2 aliphatic rings. The summed E-state index contributed by atoms with van der Waals surface area (Å²) in [5.41, 5.74) is 1.38. The molecule has 1 saturated heterocycles. The fourth-order valence-electron chi connectivity index (χ4n) is 3.60. The van der Waals surface area contributed by atoms with E-state index in [2.05, 4.69) is 32.0 Å². The highest BCUT2D eigenvalue weighted by atomic mass is 16.1. The lowest BCUT2D eigenvalue weighted by Crippen LogP contribution is -2.46. The fraction of sp³-hybridized carbons (Fsp3) is 0.722. The van der Waals surface area contributed by atoms with E-state index in [9.17, 15) is 4.79 Å². The standard InChI is InChI=1S/C18H29N5O/c1-3-22-9-11-23(12-10-22)18-19-13-16(14(2)20-18)17(24)21-15-7-5-4-6-8-15/h13,15H,3-12H2,1-2H3,(H,21,24). The second-order valence-corrected chi connectivity index (χ2v) is 6.90. The molecule has 24 heavy (non-hydrogen) atoms. The Hall–Kier alpha value is -1.69. The first-order chi connectivity index (χ1) is 11.7. The smallest absolute Gasteiger partial charge is 0.254 e. The molecule has 2 heterocycles. The van der Waals surface area contributed by atoms with Crippen molar-refractivity contribution in [2.45, 2.75) is 52.0 Å². The topological polar surface area (TPSA) is 61.4 Å². The Labute approximate surface area is 144 Å². The van der Waals surface area contributed by atoms with E-state index in [1.165, 1.54) is 19.3 Å². The van der Waals surface area contributed by atoms with Crippen LogP contribution in [-0.2, 0) is 0 Å². The summed E-state index contributed by atoms with van der Waals surface area (Å²) >= 11 is 0. The Morgan fingerprint density at radius 3 is 2.54 bits per heavy atom. The summed E-state index contributed by atoms with van der Waals surface area (Å²) < 4.78 is 0. The van der Waals surface area contributed by atoms with Crippen LogP contribution in [0.25, 0.3) is 0 Å². The summed E-state index contributed by atoms with van der Waals surface area (Å²) in [6.45, 7) is 9.17. The van der Waals surface area contributed by atoms with Crippen LogP contribution in [0.3, 0.4) is 0 Å². The normalized spacial score (nSPS) is 20.2. The van der Waals surface area contributed by atoms with E-state index in [4.69, 9.17) is 0 Å². The van der Waals surface area contributed by atoms with Crippen molar-refractivity contribution in [1.29, 1.82) is 0 Å². The molecule has 1 amide bonds. The molecule has 1 aliphatic heterocycles. The maximum atomic E-state index is 12.5. The summed E-state index contributed by atoms with van der Waals surface area (Å²) in [5.74, 6) is 0.722. The Balaban J connectivity index is 1.62. The third-order valence-electron chi connectivity index (χ3n) is 5.25. The monoisotopic (exact) mass is 331 g/mol. The zero-order chi connectivity index (χ0) is 16.9. The quantitative estimate of drug-likeness (QED) is 0.914. The van der Waals surface area contributed by atoms with E-state index in [0.717, 1.165) is 57.2 Å². The summed E-state index contributed by atoms with van der Waals surface area (Å²) in [6, 6.07) is 0.312. The lowest BCUT2D eigenvalue weighted by atomic mass is 9.95. The Morgan fingerprint density at radius 2 is 1.92 bits per heavy atom. The average molecular weight is 331 g/mol. The molecule has 3 rings (SSSR count). The van der Waals surface area contributed by atoms with Crippen molar-refractivity contribution in [3.63, 3.8) is 0 Å². The Morgan fingerprint density at radius 1 is 1.21 bits per heavy atom. The van der Waals surface area contributed by atoms with Crippen LogP contribution in [-0.4, -0.2) is 59.5 Å². The van der Waals surface area contributed by atoms with Crippen LogP contribution in [0.2, 0.25) is 0 Å². The van der Waals surface area contributed by atoms with Gasteiger partial charge in [-0.1, -0.05) is 26.2 Å². The van der Waals surface area contributed by atoms with Crippen LogP contribution >= 0.6 is 0 Å². The molecular formula is C18H29N5O. The highest BCUT2D eigenvalue weighted by Gasteiger charge is 2.21. The van der Waals surface area contributed by atoms with Gasteiger partial charge >= 0.3 is 0 Å². The number of anilines is 1. The number of nitrogens with one attached hydrogen (secondary N) is 1. The number of piperazine rings is 1. The first-order valence-corrected chi connectivity index (χ1v) is 9.29. The van der Waals surface area contributed by atoms with Crippen molar-refractivity contribution in [2.24, 2.45) is 0 Å². The second kappa shape index (κ2) is 7.92. The zero-order valence-corrected chi connectivity index (χ0v) is 14.9. The largest absolute Gasteiger partial charge is 0.349 e. The summed E-state index contributed by atoms with van der Waals surface area (Å²) in [5, 5.41) is 3.15. The van der Waals surface area contributed by atoms with Crippen molar-refractivity contribution in [3.8, 4) is 0 Å². The molecule has 0 bridgehead atoms. The second-order valence-electron chi connectivity index (χ2n) is 6.90. The van der Waals surface area contributed by atoms with Crippen LogP contribution in [0.1, 0.15) is 55.1 Å². The van der Waals surface area contributed by atoms with Gasteiger partial charge in [-0.25, -0.2) is 9.97 Å². The number of carbonyl (C=O) groups is 1. The minimum Gasteiger partial charge on any atom is -0.349 e. The number of aryl methyl sites for hydroxylation is 1. The SMILES string of the molecule is CCN1CCN(c2ncc(C(=O)NC3CCCCC3)c(C)n2)CC1. The number of nitrogens with zero attached hydrogens (tertiary/aromatic N) is 4. The van der Waals surface area contributed by atoms with Crippen molar-refractivity contribution in [3.05, 3.63) is 17.5 Å². The van der Waals surface area contributed by atoms with E-state index in [1.807, 2.05) is 6.92 Å². The van der Waals surface area contributed by atoms with E-state index >= 15 is 0 Å². The van der Waals surface area contributed by atoms with Crippen molar-refractivity contribution in [1.82, 2.24) is 20.2 Å². The highest BCUT2D eigenvalue weighted by Crippen LogP contribution is 2.19. The van der Waals surface area contributed by atoms with Gasteiger partial charge < -0.3 is 15.1 Å². The van der Waals surface area contributed by atoms with E-state index in [1.54, 1.807) is 6.20 Å². The number of hydrogen-bond acceptors (Lipinski definition) is 5. The van der Waals surface area contributed by atoms with Crippen LogP contribution in [0, 0.1) is 6.92 Å². The van der Waals surface area contributed by atoms with Gasteiger partial charge in [-0.15, -0.1) is 0 Å². The zero-order valence-electron chi connectivity index (χ0n) is 14.9. The van der Waals surface area contributed by atoms with Gasteiger partial charge in [0.15, 0.2) is 0 Å². The number of amides is 1. The molecule has 0 spiro atoms. The van der Waals surface area contributed by atoms with Crippen molar-refractivity contribution < 1.29 is 4.79 Å². The minimum atomic E-state index is -0.0262. The number of hydrogen-bond donors (Lipinski definition) is 1. The molecule has 1 aliphatic carbocycles. The fourth-order valence-corrected chi connectivity index (χ4v) is 3.60. The number of carbonyl (C=O) groups excluding carboxylic acids is 1. The van der Waals surface area contributed by atoms with Gasteiger partial charge in [-0.05, 0) is 26.3 Å². The molecule has 1 saturated carbocycles. The molecular weight excluding hydrogens is 302 g/mol. The molecule has 1 aromatic heterocycles. The average Bonchev–Trinajstić information content (AvgIpc) is 2.62. The minimum absolute atomic E-state index is 0.0262. The molecule has 1 N–H and O–H groups in total. The van der Waals surface area contributed by atoms with Crippen LogP contribution < -0.4 is 10.2 Å². The van der Waals surface area contributed by atoms with E-state index in [0.29, 0.717) is 11.6 Å². The Bertz CT molecular complexity index is 563. The van der Waals surface area contributed by atoms with E-state index in [-0.39, 0.29) is 5.91 Å². The van der Waals surface area contributed by atoms with Gasteiger partial charge in [-0.3, -0.25) is 4.79 Å². The van der Waals surface area contributed by atoms with Gasteiger partial charge in [0.05, 0.1) is 11.3 Å². The molecule has 2 fully saturated rings. The predicted molar refractivity (Wildman–Crippen MR) is 95.4 cm³/mol. The molecule has 132 valence electrons. The number of likely N-dealkylation sites (N-methyl/N-ethyl adjacent to an activating group) is 1. The maximum absolute atomic E-state index is 12.5. The first kappa shape index (κ1) is 17.1. The summed E-state index contributed by atoms with van der Waals surface area (Å²) in [7, 11) is 0. The van der Waals surface area contributed by atoms with Gasteiger partial charge in [0.2, 0.25) is 5.95 Å². The van der Waals surface area contributed by atoms with E-state index < -0.39 is 0 Å². The molecule has 6 heteroatoms. The molecule has 1 aromatic rings. The number of rotatable bonds is 4. The third-order valence-corrected chi connectivity index (χ3v) is 5.25. The summed E-state index contributed by atoms with van der Waals surface area (Å²) in [4.78, 5) is 26.2. The van der Waals surface area contributed by atoms with Gasteiger partial charge in [-0.2, -0.15) is 0 Å². The van der Waals surface area contributed by atoms with Gasteiger partial charge in [0.1, 0.15) is 0 Å². The first-order valence-electron chi connectivity index (χ1n) is 9.29. The Kier molecular flexibility index (Phi) is 5.66. The molecule has 6 nitrogen and oxygen atoms in total. The highest BCUT2D eigenvalue weighted by molar-refractivity contribution is 5.95. The lowest BCUT2D eigenvalue weighted by Gasteiger charge is -2.34.